The second kappa shape index (κ2) is 6.28. The zero-order valence-corrected chi connectivity index (χ0v) is 11.5. The van der Waals surface area contributed by atoms with Crippen molar-refractivity contribution in [1.82, 2.24) is 14.9 Å². The van der Waals surface area contributed by atoms with Crippen LogP contribution >= 0.6 is 15.9 Å². The summed E-state index contributed by atoms with van der Waals surface area (Å²) < 4.78 is 6.57. The van der Waals surface area contributed by atoms with Crippen LogP contribution in [-0.4, -0.2) is 53.8 Å². The highest BCUT2D eigenvalue weighted by Gasteiger charge is 2.18. The maximum Gasteiger partial charge on any atom is 0.222 e. The van der Waals surface area contributed by atoms with E-state index in [4.69, 9.17) is 4.74 Å². The Morgan fingerprint density at radius 3 is 3.00 bits per heavy atom. The number of hydrogen-bond donors (Lipinski definition) is 1. The van der Waals surface area contributed by atoms with Crippen LogP contribution in [0.2, 0.25) is 0 Å². The van der Waals surface area contributed by atoms with Crippen molar-refractivity contribution in [3.8, 4) is 0 Å². The van der Waals surface area contributed by atoms with Crippen molar-refractivity contribution >= 4 is 21.9 Å². The number of nitrogens with one attached hydrogen (secondary N) is 1. The lowest BCUT2D eigenvalue weighted by atomic mass is 10.2. The van der Waals surface area contributed by atoms with Crippen molar-refractivity contribution in [2.24, 2.45) is 0 Å². The summed E-state index contributed by atoms with van der Waals surface area (Å²) in [5.74, 6) is 0.644. The van der Waals surface area contributed by atoms with Gasteiger partial charge in [0.2, 0.25) is 5.95 Å². The first kappa shape index (κ1) is 12.7. The van der Waals surface area contributed by atoms with Crippen LogP contribution in [0.4, 0.5) is 5.95 Å². The van der Waals surface area contributed by atoms with Gasteiger partial charge in [-0.15, -0.1) is 0 Å². The number of aromatic nitrogens is 2. The van der Waals surface area contributed by atoms with Crippen molar-refractivity contribution < 1.29 is 4.74 Å². The summed E-state index contributed by atoms with van der Waals surface area (Å²) >= 11 is 3.31. The number of halogens is 1. The van der Waals surface area contributed by atoms with E-state index in [0.29, 0.717) is 5.95 Å². The minimum Gasteiger partial charge on any atom is -0.374 e. The highest BCUT2D eigenvalue weighted by molar-refractivity contribution is 9.10. The lowest BCUT2D eigenvalue weighted by Gasteiger charge is -2.32. The maximum atomic E-state index is 5.69. The summed E-state index contributed by atoms with van der Waals surface area (Å²) in [7, 11) is 0. The summed E-state index contributed by atoms with van der Waals surface area (Å²) in [5, 5.41) is 3.19. The molecule has 1 saturated heterocycles. The van der Waals surface area contributed by atoms with Crippen LogP contribution in [-0.2, 0) is 4.74 Å². The minimum absolute atomic E-state index is 0.218. The van der Waals surface area contributed by atoms with Gasteiger partial charge in [0, 0.05) is 32.0 Å². The highest BCUT2D eigenvalue weighted by Crippen LogP contribution is 2.08. The fraction of sp³-hybridized carbons (Fsp3) is 0.636. The van der Waals surface area contributed by atoms with E-state index in [0.717, 1.165) is 37.3 Å². The molecule has 1 aromatic rings. The number of likely N-dealkylation sites (N-methyl/N-ethyl adjacent to an activating group) is 1. The molecule has 0 amide bonds. The van der Waals surface area contributed by atoms with Gasteiger partial charge >= 0.3 is 0 Å². The second-order valence-electron chi connectivity index (χ2n) is 3.99. The van der Waals surface area contributed by atoms with Gasteiger partial charge < -0.3 is 10.1 Å². The molecule has 0 aromatic carbocycles. The van der Waals surface area contributed by atoms with Crippen LogP contribution in [0.3, 0.4) is 0 Å². The number of morpholine rings is 1. The summed E-state index contributed by atoms with van der Waals surface area (Å²) in [6.45, 7) is 6.81. The van der Waals surface area contributed by atoms with E-state index < -0.39 is 0 Å². The molecule has 1 aliphatic heterocycles. The molecule has 2 rings (SSSR count). The average molecular weight is 301 g/mol. The van der Waals surface area contributed by atoms with Gasteiger partial charge in [-0.05, 0) is 22.5 Å². The number of rotatable bonds is 4. The molecule has 0 saturated carbocycles. The predicted octanol–water partition coefficient (Wildman–Crippen LogP) is 1.37. The van der Waals surface area contributed by atoms with E-state index >= 15 is 0 Å². The fourth-order valence-electron chi connectivity index (χ4n) is 1.80. The van der Waals surface area contributed by atoms with Crippen molar-refractivity contribution in [1.29, 1.82) is 0 Å². The smallest absolute Gasteiger partial charge is 0.222 e. The molecule has 1 aromatic heterocycles. The first-order valence-corrected chi connectivity index (χ1v) is 6.62. The third-order valence-corrected chi connectivity index (χ3v) is 3.19. The van der Waals surface area contributed by atoms with E-state index in [1.165, 1.54) is 0 Å². The largest absolute Gasteiger partial charge is 0.374 e. The number of hydrogen-bond acceptors (Lipinski definition) is 5. The Morgan fingerprint density at radius 2 is 2.29 bits per heavy atom. The van der Waals surface area contributed by atoms with Crippen molar-refractivity contribution in [2.75, 3.05) is 38.1 Å². The first-order chi connectivity index (χ1) is 8.28. The molecule has 1 fully saturated rings. The summed E-state index contributed by atoms with van der Waals surface area (Å²) in [5.41, 5.74) is 0. The molecule has 6 heteroatoms. The Hall–Kier alpha value is -0.720. The Balaban J connectivity index is 1.79. The van der Waals surface area contributed by atoms with Gasteiger partial charge in [-0.2, -0.15) is 0 Å². The quantitative estimate of drug-likeness (QED) is 0.910. The van der Waals surface area contributed by atoms with Crippen LogP contribution in [0, 0.1) is 0 Å². The lowest BCUT2D eigenvalue weighted by Crippen LogP contribution is -2.45. The number of nitrogens with zero attached hydrogens (tertiary/aromatic N) is 3. The Bertz CT molecular complexity index is 346. The molecular weight excluding hydrogens is 284 g/mol. The molecule has 5 nitrogen and oxygen atoms in total. The standard InChI is InChI=1S/C11H17BrN4O/c1-2-16-3-4-17-10(8-16)7-15-11-13-5-9(12)6-14-11/h5-6,10H,2-4,7-8H2,1H3,(H,13,14,15). The average Bonchev–Trinajstić information content (AvgIpc) is 2.38. The molecule has 1 N–H and O–H groups in total. The maximum absolute atomic E-state index is 5.69. The van der Waals surface area contributed by atoms with E-state index in [2.05, 4.69) is 43.0 Å². The summed E-state index contributed by atoms with van der Waals surface area (Å²) in [4.78, 5) is 10.7. The van der Waals surface area contributed by atoms with Gasteiger partial charge in [0.15, 0.2) is 0 Å². The SMILES string of the molecule is CCN1CCOC(CNc2ncc(Br)cn2)C1. The van der Waals surface area contributed by atoms with Gasteiger partial charge in [0.25, 0.3) is 0 Å². The first-order valence-electron chi connectivity index (χ1n) is 5.83. The lowest BCUT2D eigenvalue weighted by molar-refractivity contribution is -0.0192. The Morgan fingerprint density at radius 1 is 1.53 bits per heavy atom. The van der Waals surface area contributed by atoms with Gasteiger partial charge in [0.1, 0.15) is 0 Å². The van der Waals surface area contributed by atoms with Crippen molar-refractivity contribution in [3.05, 3.63) is 16.9 Å². The van der Waals surface area contributed by atoms with Gasteiger partial charge in [0.05, 0.1) is 17.2 Å². The summed E-state index contributed by atoms with van der Waals surface area (Å²) in [6, 6.07) is 0. The van der Waals surface area contributed by atoms with Crippen LogP contribution in [0.15, 0.2) is 16.9 Å². The molecule has 94 valence electrons. The molecule has 0 spiro atoms. The number of anilines is 1. The fourth-order valence-corrected chi connectivity index (χ4v) is 2.00. The molecule has 1 unspecified atom stereocenters. The van der Waals surface area contributed by atoms with E-state index in [1.807, 2.05) is 0 Å². The Labute approximate surface area is 110 Å². The number of ether oxygens (including phenoxy) is 1. The molecule has 0 bridgehead atoms. The van der Waals surface area contributed by atoms with Gasteiger partial charge in [-0.25, -0.2) is 9.97 Å². The van der Waals surface area contributed by atoms with Crippen molar-refractivity contribution in [2.45, 2.75) is 13.0 Å². The molecular formula is C11H17BrN4O. The topological polar surface area (TPSA) is 50.3 Å². The third kappa shape index (κ3) is 3.90. The molecule has 17 heavy (non-hydrogen) atoms. The molecule has 0 aliphatic carbocycles. The minimum atomic E-state index is 0.218. The zero-order valence-electron chi connectivity index (χ0n) is 9.90. The van der Waals surface area contributed by atoms with Crippen LogP contribution < -0.4 is 5.32 Å². The van der Waals surface area contributed by atoms with Gasteiger partial charge in [-0.3, -0.25) is 4.90 Å². The highest BCUT2D eigenvalue weighted by atomic mass is 79.9. The predicted molar refractivity (Wildman–Crippen MR) is 70.1 cm³/mol. The summed E-state index contributed by atoms with van der Waals surface area (Å²) in [6.07, 6.45) is 3.68. The van der Waals surface area contributed by atoms with Crippen LogP contribution in [0.1, 0.15) is 6.92 Å². The molecule has 2 heterocycles. The monoisotopic (exact) mass is 300 g/mol. The van der Waals surface area contributed by atoms with E-state index in [1.54, 1.807) is 12.4 Å². The van der Waals surface area contributed by atoms with E-state index in [-0.39, 0.29) is 6.10 Å². The normalized spacial score (nSPS) is 21.4. The molecule has 0 radical (unpaired) electrons. The van der Waals surface area contributed by atoms with Crippen LogP contribution in [0.25, 0.3) is 0 Å². The zero-order chi connectivity index (χ0) is 12.1. The third-order valence-electron chi connectivity index (χ3n) is 2.78. The van der Waals surface area contributed by atoms with Gasteiger partial charge in [-0.1, -0.05) is 6.92 Å². The van der Waals surface area contributed by atoms with Crippen LogP contribution in [0.5, 0.6) is 0 Å². The molecule has 1 atom stereocenters. The second-order valence-corrected chi connectivity index (χ2v) is 4.91. The van der Waals surface area contributed by atoms with E-state index in [9.17, 15) is 0 Å². The van der Waals surface area contributed by atoms with Crippen molar-refractivity contribution in [3.63, 3.8) is 0 Å². The molecule has 1 aliphatic rings. The Kier molecular flexibility index (Phi) is 4.70.